The Bertz CT molecular complexity index is 1400. The molecule has 5 nitrogen and oxygen atoms in total. The third-order valence-corrected chi connectivity index (χ3v) is 5.81. The van der Waals surface area contributed by atoms with Gasteiger partial charge < -0.3 is 10.4 Å². The highest BCUT2D eigenvalue weighted by molar-refractivity contribution is 7.98. The number of benzene rings is 3. The second-order valence-electron chi connectivity index (χ2n) is 7.90. The molecule has 0 spiro atoms. The summed E-state index contributed by atoms with van der Waals surface area (Å²) in [6.07, 6.45) is -6.34. The predicted octanol–water partition coefficient (Wildman–Crippen LogP) is 7.16. The highest BCUT2D eigenvalue weighted by Crippen LogP contribution is 2.36. The van der Waals surface area contributed by atoms with Gasteiger partial charge in [0.25, 0.3) is 0 Å². The number of alkyl halides is 6. The van der Waals surface area contributed by atoms with Crippen LogP contribution in [0.4, 0.5) is 26.3 Å². The van der Waals surface area contributed by atoms with Crippen molar-refractivity contribution in [2.75, 3.05) is 13.3 Å². The largest absolute Gasteiger partial charge is 0.478 e. The van der Waals surface area contributed by atoms with Crippen LogP contribution in [0.1, 0.15) is 27.0 Å². The molecule has 0 unspecified atom stereocenters. The Balaban J connectivity index is 0.000000216. The first-order valence-electron chi connectivity index (χ1n) is 10.9. The summed E-state index contributed by atoms with van der Waals surface area (Å²) in [5.41, 5.74) is -1.27. The SMILES string of the molecule is CNCc1cc(C(F)(F)F)cc(C(F)(F)F)c1.CSc1ncc(C(=O)O)c(-c2cccc3ccccc23)n1. The van der Waals surface area contributed by atoms with E-state index in [1.807, 2.05) is 48.7 Å². The number of carboxylic acid groups (broad SMARTS) is 1. The van der Waals surface area contributed by atoms with E-state index in [0.717, 1.165) is 16.3 Å². The van der Waals surface area contributed by atoms with Crippen molar-refractivity contribution in [1.29, 1.82) is 0 Å². The van der Waals surface area contributed by atoms with Gasteiger partial charge in [-0.3, -0.25) is 0 Å². The van der Waals surface area contributed by atoms with Crippen molar-refractivity contribution in [2.45, 2.75) is 24.1 Å². The van der Waals surface area contributed by atoms with Crippen LogP contribution in [0.3, 0.4) is 0 Å². The third kappa shape index (κ3) is 7.01. The lowest BCUT2D eigenvalue weighted by Crippen LogP contribution is -2.14. The fourth-order valence-electron chi connectivity index (χ4n) is 3.58. The monoisotopic (exact) mass is 553 g/mol. The van der Waals surface area contributed by atoms with Gasteiger partial charge in [0, 0.05) is 18.3 Å². The fraction of sp³-hybridized carbons (Fsp3) is 0.192. The van der Waals surface area contributed by atoms with Crippen molar-refractivity contribution in [3.05, 3.63) is 89.1 Å². The van der Waals surface area contributed by atoms with Crippen molar-refractivity contribution in [3.63, 3.8) is 0 Å². The van der Waals surface area contributed by atoms with Crippen molar-refractivity contribution in [2.24, 2.45) is 0 Å². The molecule has 0 fully saturated rings. The Morgan fingerprint density at radius 2 is 1.55 bits per heavy atom. The quantitative estimate of drug-likeness (QED) is 0.155. The molecule has 0 amide bonds. The Morgan fingerprint density at radius 3 is 2.11 bits per heavy atom. The second kappa shape index (κ2) is 11.8. The molecule has 0 radical (unpaired) electrons. The van der Waals surface area contributed by atoms with Crippen LogP contribution >= 0.6 is 11.8 Å². The van der Waals surface area contributed by atoms with Crippen LogP contribution in [0.2, 0.25) is 0 Å². The van der Waals surface area contributed by atoms with E-state index in [9.17, 15) is 36.2 Å². The van der Waals surface area contributed by atoms with Gasteiger partial charge in [-0.05, 0) is 47.8 Å². The van der Waals surface area contributed by atoms with Crippen molar-refractivity contribution in [3.8, 4) is 11.3 Å². The van der Waals surface area contributed by atoms with Crippen LogP contribution in [-0.2, 0) is 18.9 Å². The molecular weight excluding hydrogens is 532 g/mol. The maximum absolute atomic E-state index is 12.4. The minimum absolute atomic E-state index is 0.0605. The first-order chi connectivity index (χ1) is 17.8. The number of aromatic carboxylic acids is 1. The zero-order chi connectivity index (χ0) is 28.1. The van der Waals surface area contributed by atoms with Gasteiger partial charge in [0.2, 0.25) is 0 Å². The van der Waals surface area contributed by atoms with Gasteiger partial charge in [0.1, 0.15) is 5.56 Å². The Hall–Kier alpha value is -3.64. The van der Waals surface area contributed by atoms with E-state index in [4.69, 9.17) is 0 Å². The summed E-state index contributed by atoms with van der Waals surface area (Å²) in [5, 5.41) is 14.5. The zero-order valence-electron chi connectivity index (χ0n) is 20.0. The molecule has 12 heteroatoms. The van der Waals surface area contributed by atoms with E-state index in [1.54, 1.807) is 0 Å². The van der Waals surface area contributed by atoms with E-state index in [0.29, 0.717) is 23.0 Å². The first-order valence-corrected chi connectivity index (χ1v) is 12.1. The summed E-state index contributed by atoms with van der Waals surface area (Å²) in [5.74, 6) is -1.02. The summed E-state index contributed by atoms with van der Waals surface area (Å²) in [6, 6.07) is 15.2. The number of nitrogens with zero attached hydrogens (tertiary/aromatic N) is 2. The van der Waals surface area contributed by atoms with Crippen LogP contribution < -0.4 is 5.32 Å². The molecule has 0 saturated heterocycles. The lowest BCUT2D eigenvalue weighted by atomic mass is 9.99. The molecule has 4 rings (SSSR count). The van der Waals surface area contributed by atoms with Gasteiger partial charge in [-0.15, -0.1) is 0 Å². The number of aromatic nitrogens is 2. The summed E-state index contributed by atoms with van der Waals surface area (Å²) in [4.78, 5) is 19.9. The van der Waals surface area contributed by atoms with E-state index < -0.39 is 29.4 Å². The zero-order valence-corrected chi connectivity index (χ0v) is 20.8. The molecule has 38 heavy (non-hydrogen) atoms. The lowest BCUT2D eigenvalue weighted by molar-refractivity contribution is -0.143. The van der Waals surface area contributed by atoms with Crippen molar-refractivity contribution >= 4 is 28.5 Å². The number of thioether (sulfide) groups is 1. The molecule has 0 saturated carbocycles. The van der Waals surface area contributed by atoms with E-state index in [-0.39, 0.29) is 23.7 Å². The average molecular weight is 554 g/mol. The van der Waals surface area contributed by atoms with Gasteiger partial charge in [-0.25, -0.2) is 14.8 Å². The standard InChI is InChI=1S/C16H12N2O2S.C10H9F6N/c1-21-16-17-9-13(15(19)20)14(18-16)12-8-4-6-10-5-2-3-7-11(10)12;1-17-5-6-2-7(9(11,12)13)4-8(3-6)10(14,15)16/h2-9H,1H3,(H,19,20);2-4,17H,5H2,1H3. The van der Waals surface area contributed by atoms with Crippen LogP contribution in [0, 0.1) is 0 Å². The summed E-state index contributed by atoms with van der Waals surface area (Å²) in [6.45, 7) is -0.0625. The van der Waals surface area contributed by atoms with E-state index >= 15 is 0 Å². The number of carbonyl (C=O) groups is 1. The molecule has 0 bridgehead atoms. The molecule has 0 atom stereocenters. The number of rotatable bonds is 5. The Kier molecular flexibility index (Phi) is 9.00. The van der Waals surface area contributed by atoms with Gasteiger partial charge in [-0.2, -0.15) is 26.3 Å². The molecule has 1 heterocycles. The third-order valence-electron chi connectivity index (χ3n) is 5.25. The molecule has 4 aromatic rings. The second-order valence-corrected chi connectivity index (χ2v) is 8.67. The van der Waals surface area contributed by atoms with Crippen LogP contribution in [0.15, 0.2) is 72.0 Å². The molecular formula is C26H21F6N3O2S. The summed E-state index contributed by atoms with van der Waals surface area (Å²) in [7, 11) is 1.44. The highest BCUT2D eigenvalue weighted by Gasteiger charge is 2.36. The van der Waals surface area contributed by atoms with Crippen LogP contribution in [0.25, 0.3) is 22.0 Å². The lowest BCUT2D eigenvalue weighted by Gasteiger charge is -2.13. The van der Waals surface area contributed by atoms with Gasteiger partial charge >= 0.3 is 18.3 Å². The van der Waals surface area contributed by atoms with E-state index in [1.165, 1.54) is 25.0 Å². The highest BCUT2D eigenvalue weighted by atomic mass is 32.2. The molecule has 2 N–H and O–H groups in total. The summed E-state index contributed by atoms with van der Waals surface area (Å²) < 4.78 is 74.3. The molecule has 200 valence electrons. The Morgan fingerprint density at radius 1 is 0.947 bits per heavy atom. The first kappa shape index (κ1) is 28.9. The Labute approximate surface area is 217 Å². The number of carboxylic acids is 1. The fourth-order valence-corrected chi connectivity index (χ4v) is 3.92. The van der Waals surface area contributed by atoms with Gasteiger partial charge in [0.15, 0.2) is 5.16 Å². The minimum atomic E-state index is -4.79. The van der Waals surface area contributed by atoms with E-state index in [2.05, 4.69) is 15.3 Å². The molecule has 0 aliphatic rings. The van der Waals surface area contributed by atoms with Crippen molar-refractivity contribution in [1.82, 2.24) is 15.3 Å². The normalized spacial score (nSPS) is 11.7. The number of nitrogens with one attached hydrogen (secondary N) is 1. The predicted molar refractivity (Wildman–Crippen MR) is 133 cm³/mol. The molecule has 1 aromatic heterocycles. The molecule has 0 aliphatic heterocycles. The van der Waals surface area contributed by atoms with Gasteiger partial charge in [0.05, 0.1) is 16.8 Å². The molecule has 0 aliphatic carbocycles. The maximum Gasteiger partial charge on any atom is 0.416 e. The smallest absolute Gasteiger partial charge is 0.416 e. The number of fused-ring (bicyclic) bond motifs is 1. The average Bonchev–Trinajstić information content (AvgIpc) is 2.87. The van der Waals surface area contributed by atoms with Crippen LogP contribution in [-0.4, -0.2) is 34.3 Å². The number of hydrogen-bond acceptors (Lipinski definition) is 5. The number of halogens is 6. The topological polar surface area (TPSA) is 75.1 Å². The van der Waals surface area contributed by atoms with Crippen LogP contribution in [0.5, 0.6) is 0 Å². The van der Waals surface area contributed by atoms with Gasteiger partial charge in [-0.1, -0.05) is 54.2 Å². The minimum Gasteiger partial charge on any atom is -0.478 e. The van der Waals surface area contributed by atoms with Crippen molar-refractivity contribution < 1.29 is 36.2 Å². The summed E-state index contributed by atoms with van der Waals surface area (Å²) >= 11 is 1.39. The number of hydrogen-bond donors (Lipinski definition) is 2. The molecule has 3 aromatic carbocycles. The maximum atomic E-state index is 12.4.